The van der Waals surface area contributed by atoms with Crippen LogP contribution in [-0.2, 0) is 0 Å². The quantitative estimate of drug-likeness (QED) is 0.178. The molecule has 0 saturated heterocycles. The molecule has 0 bridgehead atoms. The number of nitrogens with zero attached hydrogens (tertiary/aromatic N) is 3. The van der Waals surface area contributed by atoms with Gasteiger partial charge in [-0.25, -0.2) is 9.97 Å². The van der Waals surface area contributed by atoms with Gasteiger partial charge in [-0.3, -0.25) is 0 Å². The molecule has 0 aliphatic carbocycles. The number of hydrogen-bond donors (Lipinski definition) is 0. The van der Waals surface area contributed by atoms with E-state index in [0.717, 1.165) is 55.0 Å². The van der Waals surface area contributed by atoms with Gasteiger partial charge in [-0.05, 0) is 58.0 Å². The summed E-state index contributed by atoms with van der Waals surface area (Å²) in [6, 6.07) is 67.2. The Morgan fingerprint density at radius 1 is 0.407 bits per heavy atom. The van der Waals surface area contributed by atoms with Gasteiger partial charge in [0.05, 0.1) is 27.3 Å². The summed E-state index contributed by atoms with van der Waals surface area (Å²) in [5, 5.41) is 3.49. The highest BCUT2D eigenvalue weighted by atomic mass is 32.1. The fraction of sp³-hybridized carbons (Fsp3) is 0. The van der Waals surface area contributed by atoms with E-state index in [9.17, 15) is 0 Å². The summed E-state index contributed by atoms with van der Waals surface area (Å²) in [6.07, 6.45) is 0. The van der Waals surface area contributed by atoms with E-state index in [-0.39, 0.29) is 0 Å². The van der Waals surface area contributed by atoms with Crippen LogP contribution < -0.4 is 4.90 Å². The third-order valence-corrected chi connectivity index (χ3v) is 11.8. The summed E-state index contributed by atoms with van der Waals surface area (Å²) in [7, 11) is 0. The van der Waals surface area contributed by atoms with Gasteiger partial charge in [0.25, 0.3) is 0 Å². The molecule has 0 N–H and O–H groups in total. The zero-order valence-corrected chi connectivity index (χ0v) is 30.0. The lowest BCUT2D eigenvalue weighted by molar-refractivity contribution is 1.24. The van der Waals surface area contributed by atoms with Crippen LogP contribution in [0.4, 0.5) is 17.1 Å². The Morgan fingerprint density at radius 2 is 1.02 bits per heavy atom. The van der Waals surface area contributed by atoms with Crippen LogP contribution in [0.25, 0.3) is 87.1 Å². The van der Waals surface area contributed by atoms with Crippen molar-refractivity contribution < 1.29 is 0 Å². The van der Waals surface area contributed by atoms with Crippen molar-refractivity contribution in [3.8, 4) is 56.0 Å². The van der Waals surface area contributed by atoms with Gasteiger partial charge in [0.2, 0.25) is 0 Å². The predicted molar refractivity (Wildman–Crippen MR) is 228 cm³/mol. The average molecular weight is 706 g/mol. The van der Waals surface area contributed by atoms with Crippen molar-refractivity contribution in [3.05, 3.63) is 188 Å². The zero-order chi connectivity index (χ0) is 35.6. The smallest absolute Gasteiger partial charge is 0.161 e. The van der Waals surface area contributed by atoms with Crippen molar-refractivity contribution in [2.24, 2.45) is 0 Å². The molecule has 0 atom stereocenters. The van der Waals surface area contributed by atoms with Gasteiger partial charge in [-0.2, -0.15) is 0 Å². The highest BCUT2D eigenvalue weighted by Gasteiger charge is 2.30. The Labute approximate surface area is 317 Å². The number of aromatic nitrogens is 2. The van der Waals surface area contributed by atoms with Gasteiger partial charge in [-0.1, -0.05) is 158 Å². The van der Waals surface area contributed by atoms with E-state index in [1.807, 2.05) is 0 Å². The second-order valence-electron chi connectivity index (χ2n) is 13.7. The number of hydrogen-bond acceptors (Lipinski definition) is 4. The Morgan fingerprint density at radius 3 is 1.81 bits per heavy atom. The molecular weight excluding hydrogens is 675 g/mol. The van der Waals surface area contributed by atoms with Gasteiger partial charge in [0.1, 0.15) is 0 Å². The molecule has 8 aromatic carbocycles. The third kappa shape index (κ3) is 4.81. The molecule has 1 aliphatic heterocycles. The van der Waals surface area contributed by atoms with Crippen molar-refractivity contribution in [3.63, 3.8) is 0 Å². The SMILES string of the molecule is c1ccc(-c2ccc(-c3nc(-c4ccc5c6c(cccc46)-c4cccc(-c6ccccc6)c4N5c4ccccc4)nc4c3sc3ccccc34)cc2)cc1. The fourth-order valence-electron chi connectivity index (χ4n) is 8.17. The average Bonchev–Trinajstić information content (AvgIpc) is 3.63. The molecule has 54 heavy (non-hydrogen) atoms. The second kappa shape index (κ2) is 12.4. The van der Waals surface area contributed by atoms with Crippen LogP contribution in [0.15, 0.2) is 188 Å². The molecule has 0 saturated carbocycles. The first-order valence-corrected chi connectivity index (χ1v) is 19.1. The van der Waals surface area contributed by atoms with Crippen LogP contribution in [0.5, 0.6) is 0 Å². The molecule has 0 amide bonds. The molecule has 0 unspecified atom stereocenters. The lowest BCUT2D eigenvalue weighted by Gasteiger charge is -2.35. The molecule has 1 aliphatic rings. The van der Waals surface area contributed by atoms with Crippen LogP contribution >= 0.6 is 11.3 Å². The highest BCUT2D eigenvalue weighted by molar-refractivity contribution is 7.26. The first-order valence-electron chi connectivity index (χ1n) is 18.3. The molecule has 252 valence electrons. The highest BCUT2D eigenvalue weighted by Crippen LogP contribution is 2.55. The fourth-order valence-corrected chi connectivity index (χ4v) is 9.32. The Hall–Kier alpha value is -6.88. The number of anilines is 3. The maximum Gasteiger partial charge on any atom is 0.161 e. The van der Waals surface area contributed by atoms with Crippen LogP contribution in [0.3, 0.4) is 0 Å². The number of benzene rings is 8. The number of thiophene rings is 1. The van der Waals surface area contributed by atoms with Crippen LogP contribution in [0.1, 0.15) is 0 Å². The lowest BCUT2D eigenvalue weighted by Crippen LogP contribution is -2.16. The second-order valence-corrected chi connectivity index (χ2v) is 14.8. The maximum absolute atomic E-state index is 5.45. The topological polar surface area (TPSA) is 29.0 Å². The van der Waals surface area contributed by atoms with E-state index in [2.05, 4.69) is 193 Å². The van der Waals surface area contributed by atoms with Crippen molar-refractivity contribution in [1.82, 2.24) is 9.97 Å². The van der Waals surface area contributed by atoms with Gasteiger partial charge in [-0.15, -0.1) is 11.3 Å². The Balaban J connectivity index is 1.16. The standard InChI is InChI=1S/C50H31N3S/c1-4-14-32(15-5-1)33-26-28-35(29-27-33)46-49-47(42-20-10-11-25-44(42)54-49)52-50(51-46)41-30-31-43-45-38(22-13-23-39(41)45)40-24-12-21-37(34-16-6-2-7-17-34)48(40)53(43)36-18-8-3-9-19-36/h1-31H. The first kappa shape index (κ1) is 30.7. The summed E-state index contributed by atoms with van der Waals surface area (Å²) in [5.74, 6) is 0.729. The summed E-state index contributed by atoms with van der Waals surface area (Å²) >= 11 is 1.77. The number of para-hydroxylation sites is 2. The molecule has 10 aromatic rings. The molecule has 0 fully saturated rings. The Kier molecular flexibility index (Phi) is 7.04. The van der Waals surface area contributed by atoms with Crippen molar-refractivity contribution in [2.45, 2.75) is 0 Å². The first-order chi connectivity index (χ1) is 26.8. The minimum absolute atomic E-state index is 0.729. The van der Waals surface area contributed by atoms with E-state index in [0.29, 0.717) is 0 Å². The summed E-state index contributed by atoms with van der Waals surface area (Å²) in [4.78, 5) is 13.3. The molecule has 0 spiro atoms. The normalized spacial score (nSPS) is 12.0. The minimum atomic E-state index is 0.729. The maximum atomic E-state index is 5.45. The van der Waals surface area contributed by atoms with Crippen molar-refractivity contribution in [2.75, 3.05) is 4.90 Å². The summed E-state index contributed by atoms with van der Waals surface area (Å²) < 4.78 is 2.31. The molecule has 4 heteroatoms. The third-order valence-electron chi connectivity index (χ3n) is 10.6. The van der Waals surface area contributed by atoms with Gasteiger partial charge >= 0.3 is 0 Å². The van der Waals surface area contributed by atoms with E-state index < -0.39 is 0 Å². The monoisotopic (exact) mass is 705 g/mol. The van der Waals surface area contributed by atoms with E-state index in [1.165, 1.54) is 49.2 Å². The minimum Gasteiger partial charge on any atom is -0.309 e. The Bertz CT molecular complexity index is 3030. The molecule has 3 heterocycles. The van der Waals surface area contributed by atoms with Crippen LogP contribution in [-0.4, -0.2) is 9.97 Å². The molecule has 0 radical (unpaired) electrons. The molecular formula is C50H31N3S. The van der Waals surface area contributed by atoms with E-state index in [4.69, 9.17) is 9.97 Å². The number of fused-ring (bicyclic) bond motifs is 5. The van der Waals surface area contributed by atoms with Gasteiger partial charge in [0, 0.05) is 43.4 Å². The van der Waals surface area contributed by atoms with E-state index >= 15 is 0 Å². The summed E-state index contributed by atoms with van der Waals surface area (Å²) in [5.41, 5.74) is 14.7. The predicted octanol–water partition coefficient (Wildman–Crippen LogP) is 14.1. The summed E-state index contributed by atoms with van der Waals surface area (Å²) in [6.45, 7) is 0. The largest absolute Gasteiger partial charge is 0.309 e. The van der Waals surface area contributed by atoms with Gasteiger partial charge in [0.15, 0.2) is 5.82 Å². The van der Waals surface area contributed by atoms with Crippen molar-refractivity contribution >= 4 is 59.5 Å². The van der Waals surface area contributed by atoms with Crippen molar-refractivity contribution in [1.29, 1.82) is 0 Å². The zero-order valence-electron chi connectivity index (χ0n) is 29.1. The van der Waals surface area contributed by atoms with Crippen LogP contribution in [0, 0.1) is 0 Å². The van der Waals surface area contributed by atoms with Gasteiger partial charge < -0.3 is 4.90 Å². The molecule has 11 rings (SSSR count). The van der Waals surface area contributed by atoms with Crippen LogP contribution in [0.2, 0.25) is 0 Å². The molecule has 2 aromatic heterocycles. The van der Waals surface area contributed by atoms with E-state index in [1.54, 1.807) is 11.3 Å². The lowest BCUT2D eigenvalue weighted by atomic mass is 9.86. The molecule has 3 nitrogen and oxygen atoms in total. The number of rotatable bonds is 5.